The Bertz CT molecular complexity index is 526. The van der Waals surface area contributed by atoms with Gasteiger partial charge in [-0.3, -0.25) is 4.40 Å². The normalized spacial score (nSPS) is 11.3. The number of aromatic nitrogens is 2. The molecular formula is C9H8N2O3S. The Labute approximate surface area is 89.2 Å². The number of methoxy groups -OCH3 is 1. The maximum Gasteiger partial charge on any atom is 0.328 e. The number of rotatable bonds is 3. The van der Waals surface area contributed by atoms with E-state index < -0.39 is 5.97 Å². The van der Waals surface area contributed by atoms with Gasteiger partial charge in [0.1, 0.15) is 5.69 Å². The zero-order valence-electron chi connectivity index (χ0n) is 7.88. The molecule has 0 amide bonds. The molecule has 0 unspecified atom stereocenters. The van der Waals surface area contributed by atoms with Gasteiger partial charge in [-0.25, -0.2) is 4.79 Å². The van der Waals surface area contributed by atoms with Crippen molar-refractivity contribution in [2.45, 2.75) is 0 Å². The van der Waals surface area contributed by atoms with Crippen molar-refractivity contribution < 1.29 is 14.6 Å². The van der Waals surface area contributed by atoms with E-state index in [1.165, 1.54) is 24.5 Å². The van der Waals surface area contributed by atoms with Crippen LogP contribution in [0.2, 0.25) is 0 Å². The average molecular weight is 224 g/mol. The lowest BCUT2D eigenvalue weighted by atomic mass is 10.4. The van der Waals surface area contributed by atoms with E-state index >= 15 is 0 Å². The van der Waals surface area contributed by atoms with Crippen LogP contribution < -0.4 is 4.74 Å². The quantitative estimate of drug-likeness (QED) is 0.802. The fourth-order valence-electron chi connectivity index (χ4n) is 1.24. The van der Waals surface area contributed by atoms with E-state index in [0.29, 0.717) is 11.6 Å². The van der Waals surface area contributed by atoms with Gasteiger partial charge in [0.25, 0.3) is 0 Å². The number of carboxylic acids is 1. The Morgan fingerprint density at radius 3 is 3.20 bits per heavy atom. The first kappa shape index (κ1) is 9.72. The van der Waals surface area contributed by atoms with Gasteiger partial charge in [-0.2, -0.15) is 4.98 Å². The molecule has 2 rings (SSSR count). The van der Waals surface area contributed by atoms with Crippen molar-refractivity contribution in [1.82, 2.24) is 9.38 Å². The number of thiazole rings is 1. The van der Waals surface area contributed by atoms with Crippen LogP contribution in [0.25, 0.3) is 11.0 Å². The second kappa shape index (κ2) is 3.74. The van der Waals surface area contributed by atoms with E-state index in [1.807, 2.05) is 11.6 Å². The van der Waals surface area contributed by atoms with E-state index in [0.717, 1.165) is 11.0 Å². The van der Waals surface area contributed by atoms with Gasteiger partial charge in [0.2, 0.25) is 5.88 Å². The molecule has 0 spiro atoms. The second-order valence-corrected chi connectivity index (χ2v) is 3.61. The molecule has 15 heavy (non-hydrogen) atoms. The molecule has 0 saturated carbocycles. The Hall–Kier alpha value is -1.82. The number of ether oxygens (including phenoxy) is 1. The summed E-state index contributed by atoms with van der Waals surface area (Å²) in [5.41, 5.74) is 0.635. The first-order valence-corrected chi connectivity index (χ1v) is 5.01. The highest BCUT2D eigenvalue weighted by atomic mass is 32.1. The first-order valence-electron chi connectivity index (χ1n) is 4.13. The fraction of sp³-hybridized carbons (Fsp3) is 0.111. The zero-order valence-corrected chi connectivity index (χ0v) is 8.69. The van der Waals surface area contributed by atoms with Crippen molar-refractivity contribution in [2.75, 3.05) is 7.11 Å². The topological polar surface area (TPSA) is 63.8 Å². The molecule has 2 heterocycles. The Balaban J connectivity index is 2.54. The van der Waals surface area contributed by atoms with Crippen LogP contribution in [0.5, 0.6) is 5.88 Å². The molecule has 5 nitrogen and oxygen atoms in total. The van der Waals surface area contributed by atoms with Gasteiger partial charge in [0.05, 0.1) is 7.11 Å². The van der Waals surface area contributed by atoms with E-state index in [2.05, 4.69) is 4.98 Å². The van der Waals surface area contributed by atoms with Crippen molar-refractivity contribution >= 4 is 28.3 Å². The summed E-state index contributed by atoms with van der Waals surface area (Å²) in [6.45, 7) is 0. The minimum atomic E-state index is -0.998. The highest BCUT2D eigenvalue weighted by Gasteiger charge is 2.10. The zero-order chi connectivity index (χ0) is 10.8. The lowest BCUT2D eigenvalue weighted by Gasteiger charge is -1.95. The van der Waals surface area contributed by atoms with Crippen molar-refractivity contribution in [1.29, 1.82) is 0 Å². The van der Waals surface area contributed by atoms with Crippen LogP contribution in [0.4, 0.5) is 0 Å². The predicted molar refractivity (Wildman–Crippen MR) is 56.3 cm³/mol. The first-order chi connectivity index (χ1) is 7.22. The summed E-state index contributed by atoms with van der Waals surface area (Å²) >= 11 is 1.46. The number of hydrogen-bond donors (Lipinski definition) is 1. The third-order valence-corrected chi connectivity index (χ3v) is 2.60. The third kappa shape index (κ3) is 1.71. The lowest BCUT2D eigenvalue weighted by molar-refractivity contribution is -0.131. The van der Waals surface area contributed by atoms with Crippen LogP contribution in [0.1, 0.15) is 5.69 Å². The molecule has 2 aromatic rings. The van der Waals surface area contributed by atoms with Crippen LogP contribution in [0.3, 0.4) is 0 Å². The fourth-order valence-corrected chi connectivity index (χ4v) is 1.95. The van der Waals surface area contributed by atoms with Crippen molar-refractivity contribution in [3.8, 4) is 5.88 Å². The molecule has 6 heteroatoms. The summed E-state index contributed by atoms with van der Waals surface area (Å²) in [6, 6.07) is 0. The molecule has 0 aliphatic rings. The third-order valence-electron chi connectivity index (χ3n) is 1.84. The minimum absolute atomic E-state index is 0.430. The molecule has 0 aliphatic heterocycles. The summed E-state index contributed by atoms with van der Waals surface area (Å²) in [5, 5.41) is 10.4. The summed E-state index contributed by atoms with van der Waals surface area (Å²) < 4.78 is 6.83. The number of carboxylic acid groups (broad SMARTS) is 1. The van der Waals surface area contributed by atoms with Gasteiger partial charge in [-0.15, -0.1) is 11.3 Å². The van der Waals surface area contributed by atoms with Gasteiger partial charge in [0, 0.05) is 17.7 Å². The SMILES string of the molecule is COc1nc2sccn2c1/C=C/C(=O)O. The summed E-state index contributed by atoms with van der Waals surface area (Å²) in [6.07, 6.45) is 4.34. The molecule has 0 fully saturated rings. The number of fused-ring (bicyclic) bond motifs is 1. The number of hydrogen-bond acceptors (Lipinski definition) is 4. The maximum absolute atomic E-state index is 10.4. The number of carbonyl (C=O) groups is 1. The summed E-state index contributed by atoms with van der Waals surface area (Å²) in [7, 11) is 1.50. The smallest absolute Gasteiger partial charge is 0.328 e. The largest absolute Gasteiger partial charge is 0.479 e. The average Bonchev–Trinajstić information content (AvgIpc) is 2.73. The molecule has 0 saturated heterocycles. The molecule has 78 valence electrons. The van der Waals surface area contributed by atoms with E-state index in [1.54, 1.807) is 4.40 Å². The van der Waals surface area contributed by atoms with Gasteiger partial charge in [-0.05, 0) is 6.08 Å². The Kier molecular flexibility index (Phi) is 2.42. The maximum atomic E-state index is 10.4. The summed E-state index contributed by atoms with van der Waals surface area (Å²) in [4.78, 5) is 15.4. The van der Waals surface area contributed by atoms with E-state index in [9.17, 15) is 4.79 Å². The molecule has 0 bridgehead atoms. The molecule has 0 aromatic carbocycles. The van der Waals surface area contributed by atoms with Gasteiger partial charge in [0.15, 0.2) is 4.96 Å². The lowest BCUT2D eigenvalue weighted by Crippen LogP contribution is -1.90. The summed E-state index contributed by atoms with van der Waals surface area (Å²) in [5.74, 6) is -0.568. The molecular weight excluding hydrogens is 216 g/mol. The Morgan fingerprint density at radius 1 is 1.73 bits per heavy atom. The van der Waals surface area contributed by atoms with Crippen molar-refractivity contribution in [2.24, 2.45) is 0 Å². The molecule has 0 atom stereocenters. The predicted octanol–water partition coefficient (Wildman–Crippen LogP) is 1.50. The van der Waals surface area contributed by atoms with Crippen molar-refractivity contribution in [3.63, 3.8) is 0 Å². The van der Waals surface area contributed by atoms with E-state index in [4.69, 9.17) is 9.84 Å². The number of nitrogens with zero attached hydrogens (tertiary/aromatic N) is 2. The van der Waals surface area contributed by atoms with Gasteiger partial charge < -0.3 is 9.84 Å². The standard InChI is InChI=1S/C9H8N2O3S/c1-14-8-6(2-3-7(12)13)11-4-5-15-9(11)10-8/h2-5H,1H3,(H,12,13)/b3-2+. The van der Waals surface area contributed by atoms with Gasteiger partial charge >= 0.3 is 5.97 Å². The Morgan fingerprint density at radius 2 is 2.53 bits per heavy atom. The van der Waals surface area contributed by atoms with E-state index in [-0.39, 0.29) is 0 Å². The number of aliphatic carboxylic acids is 1. The monoisotopic (exact) mass is 224 g/mol. The van der Waals surface area contributed by atoms with Crippen LogP contribution in [-0.2, 0) is 4.79 Å². The minimum Gasteiger partial charge on any atom is -0.479 e. The molecule has 0 aliphatic carbocycles. The van der Waals surface area contributed by atoms with Crippen molar-refractivity contribution in [3.05, 3.63) is 23.3 Å². The number of imidazole rings is 1. The highest BCUT2D eigenvalue weighted by molar-refractivity contribution is 7.15. The van der Waals surface area contributed by atoms with Gasteiger partial charge in [-0.1, -0.05) is 0 Å². The van der Waals surface area contributed by atoms with Crippen LogP contribution in [0.15, 0.2) is 17.7 Å². The highest BCUT2D eigenvalue weighted by Crippen LogP contribution is 2.23. The molecule has 1 N–H and O–H groups in total. The van der Waals surface area contributed by atoms with Crippen LogP contribution in [-0.4, -0.2) is 27.6 Å². The second-order valence-electron chi connectivity index (χ2n) is 2.73. The molecule has 2 aromatic heterocycles. The molecule has 0 radical (unpaired) electrons. The van der Waals surface area contributed by atoms with Crippen LogP contribution in [0, 0.1) is 0 Å². The van der Waals surface area contributed by atoms with Crippen LogP contribution >= 0.6 is 11.3 Å².